The number of amides is 1. The van der Waals surface area contributed by atoms with Crippen LogP contribution in [0.1, 0.15) is 180 Å². The zero-order valence-corrected chi connectivity index (χ0v) is 56.3. The van der Waals surface area contributed by atoms with Crippen molar-refractivity contribution < 1.29 is 71.8 Å². The van der Waals surface area contributed by atoms with Gasteiger partial charge in [-0.3, -0.25) is 14.1 Å². The van der Waals surface area contributed by atoms with E-state index in [-0.39, 0.29) is 43.3 Å². The standard InChI is InChI=1S/C70H88F3N5O12S3/c1-6-7-19-42-77-56-30-16-14-28-53(56)69(2,3)58(77)39-35-48-23-22-24-49(36-40-59-70(4,5)54-29-15-17-31-57(54)78(59)43-20-21-44-92(85,86)87)65(48)90-52-37-33-47(34-38-52)46-55(68(81)82)76-60(80)32-18-13-27-51(79)41-45-91(83,84)67-62(72)61(71)66(93(74,88)89)63(73)64(67)75-50-25-11-9-8-10-12-26-50/h14-17,28-31,33-40,50,55,75H,6-13,18-27,32,41-46H2,1-5H3,(H4-,74,76,80,81,82,85,86,87,88,89)/p+1/t55-/m0/s1. The molecule has 504 valence electrons. The number of ketones is 1. The number of aliphatic carboxylic acids is 1. The quantitative estimate of drug-likeness (QED) is 0.0141. The number of carbonyl (C=O) groups excluding carboxylic acids is 2. The molecular weight excluding hydrogens is 1260 g/mol. The molecule has 6 N–H and O–H groups in total. The summed E-state index contributed by atoms with van der Waals surface area (Å²) in [6, 6.07) is 21.8. The first-order chi connectivity index (χ1) is 44.0. The van der Waals surface area contributed by atoms with Crippen LogP contribution in [0.2, 0.25) is 0 Å². The molecule has 8 rings (SSSR count). The summed E-state index contributed by atoms with van der Waals surface area (Å²) in [7, 11) is -14.3. The van der Waals surface area contributed by atoms with Crippen molar-refractivity contribution in [3.63, 3.8) is 0 Å². The summed E-state index contributed by atoms with van der Waals surface area (Å²) < 4.78 is 141. The van der Waals surface area contributed by atoms with Gasteiger partial charge in [0.05, 0.1) is 22.6 Å². The number of sulfonamides is 1. The number of nitrogens with zero attached hydrogens (tertiary/aromatic N) is 2. The van der Waals surface area contributed by atoms with Gasteiger partial charge in [0, 0.05) is 79.2 Å². The smallest absolute Gasteiger partial charge is 0.326 e. The van der Waals surface area contributed by atoms with Gasteiger partial charge in [-0.2, -0.15) is 13.0 Å². The molecule has 0 saturated heterocycles. The lowest BCUT2D eigenvalue weighted by Crippen LogP contribution is -2.42. The third-order valence-corrected chi connectivity index (χ3v) is 21.7. The fourth-order valence-corrected chi connectivity index (χ4v) is 16.0. The number of primary sulfonamides is 1. The molecule has 1 atom stereocenters. The number of hydrogen-bond acceptors (Lipinski definition) is 12. The molecule has 1 saturated carbocycles. The molecule has 1 amide bonds. The maximum Gasteiger partial charge on any atom is 0.326 e. The molecule has 17 nitrogen and oxygen atoms in total. The van der Waals surface area contributed by atoms with Crippen LogP contribution in [-0.4, -0.2) is 99.5 Å². The Balaban J connectivity index is 0.957. The number of fused-ring (bicyclic) bond motifs is 2. The summed E-state index contributed by atoms with van der Waals surface area (Å²) in [4.78, 5) is 37.8. The second-order valence-electron chi connectivity index (χ2n) is 25.9. The fourth-order valence-electron chi connectivity index (χ4n) is 13.2. The van der Waals surface area contributed by atoms with Gasteiger partial charge < -0.3 is 25.4 Å². The molecule has 2 aliphatic carbocycles. The van der Waals surface area contributed by atoms with Crippen molar-refractivity contribution >= 4 is 70.4 Å². The summed E-state index contributed by atoms with van der Waals surface area (Å²) in [5.74, 6) is -9.04. The number of carboxylic acids is 1. The number of allylic oxidation sites excluding steroid dienone is 7. The second-order valence-corrected chi connectivity index (χ2v) is 31.0. The van der Waals surface area contributed by atoms with Crippen molar-refractivity contribution in [3.8, 4) is 5.75 Å². The lowest BCUT2D eigenvalue weighted by atomic mass is 9.81. The van der Waals surface area contributed by atoms with E-state index in [2.05, 4.69) is 115 Å². The number of nitrogens with one attached hydrogen (secondary N) is 2. The molecular formula is C70H89F3N5O12S3+. The van der Waals surface area contributed by atoms with Crippen LogP contribution < -0.4 is 25.4 Å². The van der Waals surface area contributed by atoms with Gasteiger partial charge in [0.1, 0.15) is 34.8 Å². The van der Waals surface area contributed by atoms with Crippen LogP contribution in [0.3, 0.4) is 0 Å². The van der Waals surface area contributed by atoms with Crippen LogP contribution in [0.25, 0.3) is 0 Å². The molecule has 23 heteroatoms. The topological polar surface area (TPSA) is 260 Å². The number of benzene rings is 4. The highest BCUT2D eigenvalue weighted by atomic mass is 32.2. The average molecular weight is 1350 g/mol. The summed E-state index contributed by atoms with van der Waals surface area (Å²) in [5.41, 5.74) is 7.59. The Kier molecular flexibility index (Phi) is 24.0. The number of carbonyl (C=O) groups is 3. The van der Waals surface area contributed by atoms with Crippen molar-refractivity contribution in [2.24, 2.45) is 5.14 Å². The highest BCUT2D eigenvalue weighted by molar-refractivity contribution is 7.91. The van der Waals surface area contributed by atoms with Crippen LogP contribution >= 0.6 is 0 Å². The number of carboxylic acid groups (broad SMARTS) is 1. The zero-order chi connectivity index (χ0) is 67.5. The van der Waals surface area contributed by atoms with E-state index in [0.29, 0.717) is 68.6 Å². The molecule has 0 unspecified atom stereocenters. The van der Waals surface area contributed by atoms with Gasteiger partial charge >= 0.3 is 5.97 Å². The number of nitrogens with two attached hydrogens (primary N) is 1. The minimum Gasteiger partial charge on any atom is -0.480 e. The number of hydrogen-bond donors (Lipinski definition) is 5. The number of rotatable bonds is 30. The van der Waals surface area contributed by atoms with Gasteiger partial charge in [-0.15, -0.1) is 0 Å². The predicted octanol–water partition coefficient (Wildman–Crippen LogP) is 13.3. The number of Topliss-reactive ketones (excluding diaryl/α,β-unsaturated/α-hetero) is 1. The van der Waals surface area contributed by atoms with E-state index in [9.17, 15) is 49.3 Å². The highest BCUT2D eigenvalue weighted by Gasteiger charge is 2.45. The average Bonchev–Trinajstić information content (AvgIpc) is 1.75. The van der Waals surface area contributed by atoms with Crippen LogP contribution in [0.4, 0.5) is 30.2 Å². The SMILES string of the molecule is CCCCC[N+]1=C(C=CC2=C(Oc3ccc(C[C@H](NC(=O)CCCCC(=O)CCS(=O)(=O)c4c(F)c(F)c(S(N)(=O)=O)c(F)c4NC4CCCCCCC4)C(=O)O)cc3)C(=CC=C3N(CCCCS(=O)(=O)O)c4ccccc4C3(C)C)CCC2)C(C)(C)c2ccccc21. The minimum atomic E-state index is -5.19. The third kappa shape index (κ3) is 17.9. The van der Waals surface area contributed by atoms with Crippen molar-refractivity contribution in [2.75, 3.05) is 34.8 Å². The lowest BCUT2D eigenvalue weighted by molar-refractivity contribution is -0.438. The Labute approximate surface area is 546 Å². The van der Waals surface area contributed by atoms with E-state index in [0.717, 1.165) is 86.0 Å². The van der Waals surface area contributed by atoms with Crippen LogP contribution in [0, 0.1) is 17.5 Å². The van der Waals surface area contributed by atoms with Crippen LogP contribution in [0.15, 0.2) is 129 Å². The van der Waals surface area contributed by atoms with Gasteiger partial charge in [-0.05, 0) is 131 Å². The van der Waals surface area contributed by atoms with Gasteiger partial charge in [0.15, 0.2) is 37.9 Å². The Morgan fingerprint density at radius 2 is 1.39 bits per heavy atom. The van der Waals surface area contributed by atoms with Crippen LogP contribution in [0.5, 0.6) is 5.75 Å². The van der Waals surface area contributed by atoms with E-state index in [1.54, 1.807) is 24.3 Å². The van der Waals surface area contributed by atoms with Crippen molar-refractivity contribution in [3.05, 3.63) is 154 Å². The maximum absolute atomic E-state index is 15.9. The normalized spacial score (nSPS) is 18.2. The molecule has 4 aromatic rings. The van der Waals surface area contributed by atoms with Gasteiger partial charge in [-0.1, -0.05) is 114 Å². The Morgan fingerprint density at radius 3 is 2.06 bits per heavy atom. The molecule has 4 aliphatic rings. The summed E-state index contributed by atoms with van der Waals surface area (Å²) in [6.45, 7) is 12.4. The number of unbranched alkanes of at least 4 members (excludes halogenated alkanes) is 4. The van der Waals surface area contributed by atoms with Crippen LogP contribution in [-0.2, 0) is 61.6 Å². The zero-order valence-electron chi connectivity index (χ0n) is 53.9. The number of anilines is 2. The molecule has 1 fully saturated rings. The summed E-state index contributed by atoms with van der Waals surface area (Å²) in [5, 5.41) is 20.5. The van der Waals surface area contributed by atoms with E-state index >= 15 is 13.2 Å². The molecule has 0 spiro atoms. The van der Waals surface area contributed by atoms with Crippen molar-refractivity contribution in [1.29, 1.82) is 0 Å². The first-order valence-electron chi connectivity index (χ1n) is 32.5. The van der Waals surface area contributed by atoms with Gasteiger partial charge in [-0.25, -0.2) is 39.9 Å². The molecule has 4 aromatic carbocycles. The fraction of sp³-hybridized carbons (Fsp3) is 0.486. The van der Waals surface area contributed by atoms with Crippen molar-refractivity contribution in [1.82, 2.24) is 5.32 Å². The summed E-state index contributed by atoms with van der Waals surface area (Å²) in [6.07, 6.45) is 18.7. The molecule has 93 heavy (non-hydrogen) atoms. The number of halogens is 3. The van der Waals surface area contributed by atoms with Gasteiger partial charge in [0.25, 0.3) is 10.1 Å². The molecule has 0 bridgehead atoms. The van der Waals surface area contributed by atoms with E-state index in [1.807, 2.05) is 12.1 Å². The largest absolute Gasteiger partial charge is 0.480 e. The monoisotopic (exact) mass is 1340 g/mol. The van der Waals surface area contributed by atoms with Crippen molar-refractivity contribution in [2.45, 2.75) is 202 Å². The lowest BCUT2D eigenvalue weighted by Gasteiger charge is -2.27. The number of ether oxygens (including phenoxy) is 1. The first-order valence-corrected chi connectivity index (χ1v) is 37.3. The Bertz CT molecular complexity index is 3950. The first kappa shape index (κ1) is 71.9. The molecule has 2 heterocycles. The number of sulfone groups is 1. The maximum atomic E-state index is 15.9. The second kappa shape index (κ2) is 31.1. The van der Waals surface area contributed by atoms with E-state index < -0.39 is 110 Å². The summed E-state index contributed by atoms with van der Waals surface area (Å²) >= 11 is 0. The molecule has 0 aromatic heterocycles. The van der Waals surface area contributed by atoms with E-state index in [1.165, 1.54) is 17.0 Å². The third-order valence-electron chi connectivity index (χ3n) is 18.2. The highest BCUT2D eigenvalue weighted by Crippen LogP contribution is 2.48. The minimum absolute atomic E-state index is 0.0821. The predicted molar refractivity (Wildman–Crippen MR) is 355 cm³/mol. The molecule has 2 aliphatic heterocycles. The molecule has 0 radical (unpaired) electrons. The number of para-hydroxylation sites is 2. The Hall–Kier alpha value is -6.92. The van der Waals surface area contributed by atoms with E-state index in [4.69, 9.17) is 9.88 Å². The Morgan fingerprint density at radius 1 is 0.731 bits per heavy atom. The van der Waals surface area contributed by atoms with Gasteiger partial charge in [0.2, 0.25) is 21.6 Å².